The first-order valence-corrected chi connectivity index (χ1v) is 5.38. The highest BCUT2D eigenvalue weighted by Gasteiger charge is 2.19. The molecule has 0 aromatic heterocycles. The van der Waals surface area contributed by atoms with Gasteiger partial charge in [0, 0.05) is 18.7 Å². The van der Waals surface area contributed by atoms with E-state index in [0.29, 0.717) is 31.9 Å². The molecule has 1 aliphatic heterocycles. The number of benzene rings is 1. The molecule has 1 aliphatic rings. The second-order valence-electron chi connectivity index (χ2n) is 3.53. The Morgan fingerprint density at radius 2 is 2.06 bits per heavy atom. The molecule has 1 aromatic rings. The van der Waals surface area contributed by atoms with Crippen molar-refractivity contribution in [1.82, 2.24) is 4.90 Å². The van der Waals surface area contributed by atoms with E-state index in [4.69, 9.17) is 16.3 Å². The number of amides is 1. The molecule has 0 radical (unpaired) electrons. The first-order valence-electron chi connectivity index (χ1n) is 5.00. The standard InChI is InChI=1S/C11H11ClFNO2/c12-9-7-8(1-2-10(9)13)11(15)14-3-5-16-6-4-14/h1-2,7H,3-6H2. The summed E-state index contributed by atoms with van der Waals surface area (Å²) in [7, 11) is 0. The minimum atomic E-state index is -0.514. The van der Waals surface area contributed by atoms with Gasteiger partial charge in [-0.2, -0.15) is 0 Å². The third-order valence-electron chi connectivity index (χ3n) is 2.46. The number of carbonyl (C=O) groups is 1. The molecule has 0 bridgehead atoms. The molecule has 0 N–H and O–H groups in total. The van der Waals surface area contributed by atoms with Crippen molar-refractivity contribution in [2.75, 3.05) is 26.3 Å². The average molecular weight is 244 g/mol. The molecule has 1 saturated heterocycles. The van der Waals surface area contributed by atoms with Crippen LogP contribution in [0.2, 0.25) is 5.02 Å². The maximum absolute atomic E-state index is 12.9. The summed E-state index contributed by atoms with van der Waals surface area (Å²) in [5, 5.41) is -0.0286. The number of nitrogens with zero attached hydrogens (tertiary/aromatic N) is 1. The molecule has 2 rings (SSSR count). The molecular formula is C11H11ClFNO2. The lowest BCUT2D eigenvalue weighted by Gasteiger charge is -2.26. The van der Waals surface area contributed by atoms with Crippen molar-refractivity contribution in [2.45, 2.75) is 0 Å². The van der Waals surface area contributed by atoms with Crippen molar-refractivity contribution in [1.29, 1.82) is 0 Å². The van der Waals surface area contributed by atoms with E-state index in [-0.39, 0.29) is 10.9 Å². The first-order chi connectivity index (χ1) is 7.68. The van der Waals surface area contributed by atoms with Gasteiger partial charge in [0.2, 0.25) is 0 Å². The molecule has 1 heterocycles. The summed E-state index contributed by atoms with van der Waals surface area (Å²) >= 11 is 5.63. The van der Waals surface area contributed by atoms with E-state index in [0.717, 1.165) is 0 Å². The number of hydrogen-bond acceptors (Lipinski definition) is 2. The molecule has 1 aromatic carbocycles. The minimum absolute atomic E-state index is 0.0286. The number of halogens is 2. The Labute approximate surface area is 97.8 Å². The Balaban J connectivity index is 2.16. The van der Waals surface area contributed by atoms with Gasteiger partial charge in [-0.25, -0.2) is 4.39 Å². The molecule has 0 saturated carbocycles. The Morgan fingerprint density at radius 3 is 2.69 bits per heavy atom. The van der Waals surface area contributed by atoms with Crippen LogP contribution in [0.4, 0.5) is 4.39 Å². The molecule has 3 nitrogen and oxygen atoms in total. The molecule has 0 aliphatic carbocycles. The van der Waals surface area contributed by atoms with Crippen molar-refractivity contribution in [2.24, 2.45) is 0 Å². The molecule has 0 spiro atoms. The van der Waals surface area contributed by atoms with E-state index >= 15 is 0 Å². The minimum Gasteiger partial charge on any atom is -0.378 e. The molecule has 1 amide bonds. The normalized spacial score (nSPS) is 16.2. The van der Waals surface area contributed by atoms with Crippen LogP contribution in [0.5, 0.6) is 0 Å². The van der Waals surface area contributed by atoms with Gasteiger partial charge in [-0.1, -0.05) is 11.6 Å². The fourth-order valence-electron chi connectivity index (χ4n) is 1.58. The summed E-state index contributed by atoms with van der Waals surface area (Å²) in [6.45, 7) is 2.21. The third-order valence-corrected chi connectivity index (χ3v) is 2.75. The number of hydrogen-bond donors (Lipinski definition) is 0. The molecule has 0 atom stereocenters. The van der Waals surface area contributed by atoms with Crippen molar-refractivity contribution < 1.29 is 13.9 Å². The molecule has 1 fully saturated rings. The topological polar surface area (TPSA) is 29.5 Å². The fraction of sp³-hybridized carbons (Fsp3) is 0.364. The van der Waals surface area contributed by atoms with E-state index in [9.17, 15) is 9.18 Å². The van der Waals surface area contributed by atoms with Crippen LogP contribution in [0.3, 0.4) is 0 Å². The van der Waals surface area contributed by atoms with E-state index in [1.54, 1.807) is 4.90 Å². The van der Waals surface area contributed by atoms with E-state index in [2.05, 4.69) is 0 Å². The van der Waals surface area contributed by atoms with Gasteiger partial charge in [-0.05, 0) is 18.2 Å². The second kappa shape index (κ2) is 4.80. The van der Waals surface area contributed by atoms with Crippen molar-refractivity contribution in [3.05, 3.63) is 34.6 Å². The fourth-order valence-corrected chi connectivity index (χ4v) is 1.76. The van der Waals surface area contributed by atoms with Gasteiger partial charge in [0.05, 0.1) is 18.2 Å². The summed E-state index contributed by atoms with van der Waals surface area (Å²) in [5.41, 5.74) is 0.410. The zero-order chi connectivity index (χ0) is 11.5. The number of morpholine rings is 1. The Kier molecular flexibility index (Phi) is 3.41. The monoisotopic (exact) mass is 243 g/mol. The molecule has 0 unspecified atom stereocenters. The van der Waals surface area contributed by atoms with Crippen LogP contribution in [0.1, 0.15) is 10.4 Å². The molecule has 16 heavy (non-hydrogen) atoms. The number of rotatable bonds is 1. The zero-order valence-electron chi connectivity index (χ0n) is 8.58. The third kappa shape index (κ3) is 2.33. The first kappa shape index (κ1) is 11.4. The highest BCUT2D eigenvalue weighted by atomic mass is 35.5. The van der Waals surface area contributed by atoms with Crippen molar-refractivity contribution in [3.63, 3.8) is 0 Å². The maximum Gasteiger partial charge on any atom is 0.254 e. The predicted molar refractivity (Wildman–Crippen MR) is 58.1 cm³/mol. The SMILES string of the molecule is O=C(c1ccc(F)c(Cl)c1)N1CCOCC1. The van der Waals surface area contributed by atoms with Gasteiger partial charge in [0.25, 0.3) is 5.91 Å². The van der Waals surface area contributed by atoms with Crippen LogP contribution in [0, 0.1) is 5.82 Å². The summed E-state index contributed by atoms with van der Waals surface area (Å²) < 4.78 is 18.1. The highest BCUT2D eigenvalue weighted by Crippen LogP contribution is 2.17. The zero-order valence-corrected chi connectivity index (χ0v) is 9.34. The Morgan fingerprint density at radius 1 is 1.38 bits per heavy atom. The second-order valence-corrected chi connectivity index (χ2v) is 3.94. The summed E-state index contributed by atoms with van der Waals surface area (Å²) in [6.07, 6.45) is 0. The van der Waals surface area contributed by atoms with Crippen LogP contribution in [-0.4, -0.2) is 37.1 Å². The van der Waals surface area contributed by atoms with Crippen LogP contribution in [0.25, 0.3) is 0 Å². The van der Waals surface area contributed by atoms with Crippen LogP contribution in [0.15, 0.2) is 18.2 Å². The van der Waals surface area contributed by atoms with Gasteiger partial charge in [-0.3, -0.25) is 4.79 Å². The van der Waals surface area contributed by atoms with Gasteiger partial charge >= 0.3 is 0 Å². The van der Waals surface area contributed by atoms with Crippen LogP contribution >= 0.6 is 11.6 Å². The largest absolute Gasteiger partial charge is 0.378 e. The van der Waals surface area contributed by atoms with Crippen LogP contribution in [-0.2, 0) is 4.74 Å². The average Bonchev–Trinajstić information content (AvgIpc) is 2.33. The lowest BCUT2D eigenvalue weighted by molar-refractivity contribution is 0.0303. The quantitative estimate of drug-likeness (QED) is 0.755. The number of carbonyl (C=O) groups excluding carboxylic acids is 1. The van der Waals surface area contributed by atoms with Gasteiger partial charge in [-0.15, -0.1) is 0 Å². The number of ether oxygens (including phenoxy) is 1. The van der Waals surface area contributed by atoms with E-state index in [1.165, 1.54) is 18.2 Å². The summed E-state index contributed by atoms with van der Waals surface area (Å²) in [6, 6.07) is 4.00. The van der Waals surface area contributed by atoms with Gasteiger partial charge in [0.1, 0.15) is 5.82 Å². The van der Waals surface area contributed by atoms with E-state index in [1.807, 2.05) is 0 Å². The Bertz CT molecular complexity index is 405. The van der Waals surface area contributed by atoms with Crippen molar-refractivity contribution >= 4 is 17.5 Å². The molecule has 5 heteroatoms. The molecule has 86 valence electrons. The predicted octanol–water partition coefficient (Wildman–Crippen LogP) is 1.95. The maximum atomic E-state index is 12.9. The van der Waals surface area contributed by atoms with E-state index < -0.39 is 5.82 Å². The van der Waals surface area contributed by atoms with Crippen molar-refractivity contribution in [3.8, 4) is 0 Å². The Hall–Kier alpha value is -1.13. The lowest BCUT2D eigenvalue weighted by atomic mass is 10.2. The highest BCUT2D eigenvalue weighted by molar-refractivity contribution is 6.31. The summed E-state index contributed by atoms with van der Waals surface area (Å²) in [4.78, 5) is 13.6. The van der Waals surface area contributed by atoms with Gasteiger partial charge < -0.3 is 9.64 Å². The molecular weight excluding hydrogens is 233 g/mol. The van der Waals surface area contributed by atoms with Gasteiger partial charge in [0.15, 0.2) is 0 Å². The summed E-state index contributed by atoms with van der Waals surface area (Å²) in [5.74, 6) is -0.648. The van der Waals surface area contributed by atoms with Crippen LogP contribution < -0.4 is 0 Å². The smallest absolute Gasteiger partial charge is 0.254 e. The lowest BCUT2D eigenvalue weighted by Crippen LogP contribution is -2.40.